The Bertz CT molecular complexity index is 1900. The lowest BCUT2D eigenvalue weighted by atomic mass is 9.61. The zero-order chi connectivity index (χ0) is 32.3. The number of alkyl halides is 5. The number of fused-ring (bicyclic) bond motifs is 2. The van der Waals surface area contributed by atoms with E-state index in [1.165, 1.54) is 48.4 Å². The van der Waals surface area contributed by atoms with E-state index in [1.807, 2.05) is 0 Å². The Morgan fingerprint density at radius 1 is 1.24 bits per heavy atom. The van der Waals surface area contributed by atoms with Crippen LogP contribution in [0.25, 0.3) is 11.8 Å². The summed E-state index contributed by atoms with van der Waals surface area (Å²) in [6.07, 6.45) is -2.33. The number of carbonyl (C=O) groups is 1. The molecular formula is C28H25F6N7O2S2. The van der Waals surface area contributed by atoms with Crippen molar-refractivity contribution in [1.29, 1.82) is 0 Å². The van der Waals surface area contributed by atoms with Crippen molar-refractivity contribution < 1.29 is 35.3 Å². The first kappa shape index (κ1) is 31.2. The molecule has 238 valence electrons. The van der Waals surface area contributed by atoms with E-state index in [0.29, 0.717) is 28.7 Å². The number of nitrogens with zero attached hydrogens (tertiary/aromatic N) is 7. The van der Waals surface area contributed by atoms with Crippen LogP contribution in [-0.4, -0.2) is 68.9 Å². The highest BCUT2D eigenvalue weighted by atomic mass is 32.2. The molecule has 2 aliphatic rings. The Kier molecular flexibility index (Phi) is 7.76. The topological polar surface area (TPSA) is 98.8 Å². The van der Waals surface area contributed by atoms with Crippen LogP contribution in [0.15, 0.2) is 53.5 Å². The summed E-state index contributed by atoms with van der Waals surface area (Å²) in [5.74, 6) is 2.60. The summed E-state index contributed by atoms with van der Waals surface area (Å²) in [5, 5.41) is 11.5. The number of halogens is 6. The molecule has 1 saturated carbocycles. The standard InChI is InChI=1S/C28H25F6N7O2S2/c1-39-15-24(37-38-39)45(2,43)40(14-23(30)31)20-6-3-17-9-21-16(12-36-41(21)19-7-4-18(29)5-8-19)10-27(17,11-20)25(42)26-35-13-22(44-26)28(32,33)34/h4-5,7-9,12-13,15,20,23H,2-3,6,10-11,14H2,1H3/t20-,27-,45?/m0/s1. The molecule has 0 N–H and O–H groups in total. The highest BCUT2D eigenvalue weighted by Gasteiger charge is 2.52. The molecule has 0 bridgehead atoms. The lowest BCUT2D eigenvalue weighted by Crippen LogP contribution is -2.51. The fourth-order valence-corrected chi connectivity index (χ4v) is 8.63. The van der Waals surface area contributed by atoms with Gasteiger partial charge in [-0.15, -0.1) is 16.4 Å². The summed E-state index contributed by atoms with van der Waals surface area (Å²) < 4.78 is 99.9. The molecule has 0 amide bonds. The number of rotatable bonds is 8. The van der Waals surface area contributed by atoms with E-state index in [1.54, 1.807) is 10.8 Å². The van der Waals surface area contributed by atoms with Crippen molar-refractivity contribution in [3.05, 3.63) is 75.4 Å². The molecule has 1 unspecified atom stereocenters. The van der Waals surface area contributed by atoms with Gasteiger partial charge in [-0.3, -0.25) is 9.48 Å². The molecule has 2 aliphatic carbocycles. The molecule has 3 aromatic heterocycles. The van der Waals surface area contributed by atoms with Crippen LogP contribution in [0, 0.1) is 11.2 Å². The van der Waals surface area contributed by atoms with Crippen molar-refractivity contribution in [3.8, 4) is 5.69 Å². The quantitative estimate of drug-likeness (QED) is 0.145. The minimum Gasteiger partial charge on any atom is -0.290 e. The number of allylic oxidation sites excluding steroid dienone is 1. The third kappa shape index (κ3) is 5.61. The summed E-state index contributed by atoms with van der Waals surface area (Å²) >= 11 is 0.210. The first-order valence-electron chi connectivity index (χ1n) is 13.6. The largest absolute Gasteiger partial charge is 0.427 e. The van der Waals surface area contributed by atoms with E-state index in [-0.39, 0.29) is 47.1 Å². The maximum atomic E-state index is 14.3. The van der Waals surface area contributed by atoms with E-state index in [9.17, 15) is 35.3 Å². The number of hydrogen-bond donors (Lipinski definition) is 0. The maximum absolute atomic E-state index is 14.3. The van der Waals surface area contributed by atoms with Crippen LogP contribution in [-0.2, 0) is 29.4 Å². The minimum atomic E-state index is -4.72. The molecule has 0 radical (unpaired) electrons. The van der Waals surface area contributed by atoms with Gasteiger partial charge < -0.3 is 0 Å². The molecule has 4 aromatic rings. The normalized spacial score (nSPS) is 21.4. The van der Waals surface area contributed by atoms with Gasteiger partial charge >= 0.3 is 6.18 Å². The van der Waals surface area contributed by atoms with Crippen molar-refractivity contribution in [2.45, 2.75) is 49.4 Å². The molecule has 3 atom stereocenters. The number of benzene rings is 1. The second-order valence-corrected chi connectivity index (χ2v) is 14.2. The number of aryl methyl sites for hydroxylation is 1. The zero-order valence-corrected chi connectivity index (χ0v) is 25.2. The van der Waals surface area contributed by atoms with Gasteiger partial charge in [0.05, 0.1) is 51.6 Å². The first-order chi connectivity index (χ1) is 21.2. The van der Waals surface area contributed by atoms with Gasteiger partial charge in [-0.2, -0.15) is 18.3 Å². The van der Waals surface area contributed by atoms with Gasteiger partial charge in [0.1, 0.15) is 10.7 Å². The number of ketones is 1. The van der Waals surface area contributed by atoms with Gasteiger partial charge in [-0.25, -0.2) is 31.4 Å². The highest BCUT2D eigenvalue weighted by Crippen LogP contribution is 2.52. The molecule has 45 heavy (non-hydrogen) atoms. The number of aromatic nitrogens is 6. The number of Topliss-reactive ketones (excluding diaryl/α,β-unsaturated/α-hetero) is 1. The lowest BCUT2D eigenvalue weighted by Gasteiger charge is -2.46. The summed E-state index contributed by atoms with van der Waals surface area (Å²) in [7, 11) is -2.10. The van der Waals surface area contributed by atoms with Crippen LogP contribution in [0.4, 0.5) is 26.3 Å². The molecule has 3 heterocycles. The summed E-state index contributed by atoms with van der Waals surface area (Å²) in [6.45, 7) is -0.948. The van der Waals surface area contributed by atoms with Crippen LogP contribution >= 0.6 is 11.3 Å². The van der Waals surface area contributed by atoms with Crippen LogP contribution in [0.3, 0.4) is 0 Å². The van der Waals surface area contributed by atoms with E-state index in [4.69, 9.17) is 0 Å². The van der Waals surface area contributed by atoms with Crippen molar-refractivity contribution in [2.75, 3.05) is 6.54 Å². The Balaban J connectivity index is 1.45. The van der Waals surface area contributed by atoms with Crippen LogP contribution in [0.5, 0.6) is 0 Å². The fourth-order valence-electron chi connectivity index (χ4n) is 6.07. The van der Waals surface area contributed by atoms with E-state index in [0.717, 1.165) is 4.31 Å². The molecule has 9 nitrogen and oxygen atoms in total. The van der Waals surface area contributed by atoms with E-state index >= 15 is 0 Å². The SMILES string of the molecule is C=S(=O)(c1cn(C)nn1)N(CC(F)F)[C@H]1CCC2=Cc3c(cnn3-c3ccc(F)cc3)C[C@]2(C(=O)c2ncc(C(F)(F)F)s2)C1. The van der Waals surface area contributed by atoms with Gasteiger partial charge in [0, 0.05) is 13.1 Å². The van der Waals surface area contributed by atoms with Gasteiger partial charge in [-0.05, 0) is 67.5 Å². The van der Waals surface area contributed by atoms with Crippen molar-refractivity contribution in [3.63, 3.8) is 0 Å². The Morgan fingerprint density at radius 2 is 1.98 bits per heavy atom. The molecule has 6 rings (SSSR count). The van der Waals surface area contributed by atoms with Gasteiger partial charge in [0.15, 0.2) is 10.0 Å². The molecular weight excluding hydrogens is 644 g/mol. The number of carbonyl (C=O) groups excluding carboxylic acids is 1. The Labute approximate surface area is 257 Å². The highest BCUT2D eigenvalue weighted by molar-refractivity contribution is 7.98. The first-order valence-corrected chi connectivity index (χ1v) is 16.1. The predicted octanol–water partition coefficient (Wildman–Crippen LogP) is 5.23. The minimum absolute atomic E-state index is 0.0301. The Morgan fingerprint density at radius 3 is 2.60 bits per heavy atom. The smallest absolute Gasteiger partial charge is 0.290 e. The fraction of sp³-hybridized carbons (Fsp3) is 0.357. The average molecular weight is 670 g/mol. The predicted molar refractivity (Wildman–Crippen MR) is 154 cm³/mol. The number of thiazole rings is 1. The Hall–Kier alpha value is -3.83. The average Bonchev–Trinajstić information content (AvgIpc) is 3.74. The third-order valence-corrected chi connectivity index (χ3v) is 11.2. The molecule has 17 heteroatoms. The lowest BCUT2D eigenvalue weighted by molar-refractivity contribution is -0.134. The second kappa shape index (κ2) is 11.2. The van der Waals surface area contributed by atoms with Crippen molar-refractivity contribution in [1.82, 2.24) is 34.1 Å². The van der Waals surface area contributed by atoms with E-state index in [2.05, 4.69) is 26.3 Å². The third-order valence-electron chi connectivity index (χ3n) is 8.13. The summed E-state index contributed by atoms with van der Waals surface area (Å²) in [5.41, 5.74) is 0.746. The number of hydrogen-bond acceptors (Lipinski definition) is 7. The van der Waals surface area contributed by atoms with Gasteiger partial charge in [0.2, 0.25) is 5.78 Å². The second-order valence-electron chi connectivity index (χ2n) is 11.0. The van der Waals surface area contributed by atoms with Crippen LogP contribution in [0.2, 0.25) is 0 Å². The van der Waals surface area contributed by atoms with Crippen molar-refractivity contribution >= 4 is 38.8 Å². The molecule has 0 spiro atoms. The van der Waals surface area contributed by atoms with Gasteiger partial charge in [0.25, 0.3) is 6.43 Å². The molecule has 0 aliphatic heterocycles. The molecule has 1 fully saturated rings. The van der Waals surface area contributed by atoms with Crippen LogP contribution in [0.1, 0.15) is 45.2 Å². The molecule has 0 saturated heterocycles. The monoisotopic (exact) mass is 669 g/mol. The summed E-state index contributed by atoms with van der Waals surface area (Å²) in [4.78, 5) is 17.1. The van der Waals surface area contributed by atoms with Crippen LogP contribution < -0.4 is 0 Å². The molecule has 1 aromatic carbocycles. The van der Waals surface area contributed by atoms with Crippen molar-refractivity contribution in [2.24, 2.45) is 12.5 Å². The van der Waals surface area contributed by atoms with E-state index < -0.39 is 56.8 Å². The maximum Gasteiger partial charge on any atom is 0.427 e. The zero-order valence-electron chi connectivity index (χ0n) is 23.5. The summed E-state index contributed by atoms with van der Waals surface area (Å²) in [6, 6.07) is 4.69. The van der Waals surface area contributed by atoms with Gasteiger partial charge in [-0.1, -0.05) is 10.8 Å².